The molecule has 0 spiro atoms. The van der Waals surface area contributed by atoms with Gasteiger partial charge in [0.2, 0.25) is 0 Å². The van der Waals surface area contributed by atoms with Crippen LogP contribution in [0.15, 0.2) is 231 Å². The molecule has 0 amide bonds. The molecule has 0 saturated carbocycles. The molecule has 1 aliphatic heterocycles. The molecule has 6 aromatic carbocycles. The van der Waals surface area contributed by atoms with Crippen molar-refractivity contribution >= 4 is 26.6 Å². The number of hydrogen-bond donors (Lipinski definition) is 0. The topological polar surface area (TPSA) is 77.5 Å². The first-order chi connectivity index (χ1) is 32.8. The van der Waals surface area contributed by atoms with Crippen LogP contribution in [0.25, 0.3) is 33.4 Å². The zero-order chi connectivity index (χ0) is 47.0. The Balaban J connectivity index is 0.000000246. The Morgan fingerprint density at radius 2 is 1.00 bits per heavy atom. The lowest BCUT2D eigenvalue weighted by Crippen LogP contribution is -2.44. The molecule has 2 atom stereocenters. The van der Waals surface area contributed by atoms with Crippen molar-refractivity contribution in [1.82, 2.24) is 9.34 Å². The van der Waals surface area contributed by atoms with Gasteiger partial charge in [-0.15, -0.1) is 0 Å². The largest absolute Gasteiger partial charge is 0.460 e. The van der Waals surface area contributed by atoms with Gasteiger partial charge in [-0.05, 0) is 70.4 Å². The molecule has 67 heavy (non-hydrogen) atoms. The number of piperazine rings is 1. The SMILES string of the molecule is C\C=C/C=C(\C=C/OP(=O)(OCC1C=C(c2ccccc2)C=CCC1)N1CCN(P(=O)(OC)OC)CC1)c1ccccc1.c1ccc(-c2ccccc2)cc1.c1ccc(-c2ccccc2)cc1. The van der Waals surface area contributed by atoms with Crippen LogP contribution in [0.5, 0.6) is 0 Å². The van der Waals surface area contributed by atoms with Gasteiger partial charge in [-0.25, -0.2) is 13.8 Å². The Hall–Kier alpha value is -5.92. The first-order valence-corrected chi connectivity index (χ1v) is 25.7. The van der Waals surface area contributed by atoms with Gasteiger partial charge in [-0.3, -0.25) is 13.6 Å². The second kappa shape index (κ2) is 27.0. The van der Waals surface area contributed by atoms with Crippen molar-refractivity contribution in [2.24, 2.45) is 5.92 Å². The van der Waals surface area contributed by atoms with Crippen molar-refractivity contribution in [3.63, 3.8) is 0 Å². The molecule has 0 bridgehead atoms. The van der Waals surface area contributed by atoms with E-state index < -0.39 is 15.5 Å². The minimum Gasteiger partial charge on any atom is -0.421 e. The van der Waals surface area contributed by atoms with Gasteiger partial charge in [0.1, 0.15) is 0 Å². The molecule has 346 valence electrons. The Morgan fingerprint density at radius 1 is 0.582 bits per heavy atom. The predicted octanol–water partition coefficient (Wildman–Crippen LogP) is 15.1. The molecular formula is C57H62N2O6P2. The van der Waals surface area contributed by atoms with Gasteiger partial charge >= 0.3 is 15.5 Å². The van der Waals surface area contributed by atoms with Crippen LogP contribution < -0.4 is 0 Å². The second-order valence-corrected chi connectivity index (χ2v) is 19.8. The van der Waals surface area contributed by atoms with Crippen molar-refractivity contribution in [2.45, 2.75) is 19.8 Å². The summed E-state index contributed by atoms with van der Waals surface area (Å²) in [7, 11) is -4.46. The normalized spacial score (nSPS) is 16.7. The van der Waals surface area contributed by atoms with Crippen LogP contribution in [0.2, 0.25) is 0 Å². The highest BCUT2D eigenvalue weighted by atomic mass is 31.2. The lowest BCUT2D eigenvalue weighted by atomic mass is 10.00. The van der Waals surface area contributed by atoms with Gasteiger partial charge in [0.25, 0.3) is 0 Å². The standard InChI is InChI=1S/C33H42N2O6P2.2C12H10/c1-4-5-15-32(30-16-8-6-9-17-30)21-26-40-43(37,35-24-22-34(23-25-35)42(36,38-2)39-3)41-28-29-14-12-13-20-33(27-29)31-18-10-7-11-19-31;2*1-3-7-11(8-4-1)12-9-5-2-6-10-12/h4-11,13,15-21,26-27,29H,12,14,22-25,28H2,1-3H3;2*1-10H/b5-4-,26-21-,32-15+;;. The minimum absolute atomic E-state index is 0.0454. The van der Waals surface area contributed by atoms with Gasteiger partial charge in [0, 0.05) is 46.3 Å². The zero-order valence-corrected chi connectivity index (χ0v) is 40.5. The Labute approximate surface area is 398 Å². The highest BCUT2D eigenvalue weighted by Crippen LogP contribution is 2.56. The van der Waals surface area contributed by atoms with Gasteiger partial charge in [0.05, 0.1) is 12.9 Å². The third kappa shape index (κ3) is 15.6. The van der Waals surface area contributed by atoms with Crippen LogP contribution in [0, 0.1) is 5.92 Å². The zero-order valence-electron chi connectivity index (χ0n) is 38.7. The molecule has 1 fully saturated rings. The molecule has 2 unspecified atom stereocenters. The van der Waals surface area contributed by atoms with Gasteiger partial charge < -0.3 is 4.52 Å². The third-order valence-electron chi connectivity index (χ3n) is 11.1. The molecule has 2 aliphatic rings. The maximum absolute atomic E-state index is 14.5. The summed E-state index contributed by atoms with van der Waals surface area (Å²) in [6.45, 7) is 3.44. The van der Waals surface area contributed by atoms with Crippen LogP contribution in [0.3, 0.4) is 0 Å². The van der Waals surface area contributed by atoms with E-state index in [2.05, 4.69) is 127 Å². The average Bonchev–Trinajstić information content (AvgIpc) is 3.67. The first kappa shape index (κ1) is 50.5. The summed E-state index contributed by atoms with van der Waals surface area (Å²) in [4.78, 5) is 0. The fourth-order valence-electron chi connectivity index (χ4n) is 7.50. The quantitative estimate of drug-likeness (QED) is 0.0572. The van der Waals surface area contributed by atoms with E-state index in [9.17, 15) is 9.13 Å². The number of nitrogens with zero attached hydrogens (tertiary/aromatic N) is 2. The Bertz CT molecular complexity index is 2440. The summed E-state index contributed by atoms with van der Waals surface area (Å²) < 4.78 is 53.4. The highest BCUT2D eigenvalue weighted by Gasteiger charge is 2.41. The molecule has 0 aromatic heterocycles. The lowest BCUT2D eigenvalue weighted by Gasteiger charge is -2.38. The van der Waals surface area contributed by atoms with Gasteiger partial charge in [-0.2, -0.15) is 4.67 Å². The van der Waals surface area contributed by atoms with Crippen LogP contribution in [-0.4, -0.2) is 56.3 Å². The summed E-state index contributed by atoms with van der Waals surface area (Å²) in [5.41, 5.74) is 9.26. The van der Waals surface area contributed by atoms with Crippen molar-refractivity contribution in [3.8, 4) is 22.3 Å². The lowest BCUT2D eigenvalue weighted by molar-refractivity contribution is 0.137. The summed E-state index contributed by atoms with van der Waals surface area (Å²) in [6.07, 6.45) is 17.4. The van der Waals surface area contributed by atoms with E-state index in [0.717, 1.165) is 35.1 Å². The molecule has 10 heteroatoms. The number of benzene rings is 6. The number of allylic oxidation sites excluding steroid dienone is 8. The highest BCUT2D eigenvalue weighted by molar-refractivity contribution is 7.51. The maximum atomic E-state index is 14.5. The van der Waals surface area contributed by atoms with E-state index in [1.807, 2.05) is 97.9 Å². The molecule has 1 heterocycles. The molecule has 8 rings (SSSR count). The summed E-state index contributed by atoms with van der Waals surface area (Å²) in [6, 6.07) is 61.7. The summed E-state index contributed by atoms with van der Waals surface area (Å²) >= 11 is 0. The maximum Gasteiger partial charge on any atom is 0.460 e. The Kier molecular flexibility index (Phi) is 20.4. The van der Waals surface area contributed by atoms with Crippen molar-refractivity contribution in [3.05, 3.63) is 242 Å². The predicted molar refractivity (Wildman–Crippen MR) is 278 cm³/mol. The fourth-order valence-corrected chi connectivity index (χ4v) is 10.4. The molecular weight excluding hydrogens is 871 g/mol. The average molecular weight is 933 g/mol. The molecule has 0 N–H and O–H groups in total. The first-order valence-electron chi connectivity index (χ1n) is 22.7. The minimum atomic E-state index is -3.78. The molecule has 1 saturated heterocycles. The molecule has 1 aliphatic carbocycles. The number of rotatable bonds is 15. The fraction of sp³-hybridized carbons (Fsp3) is 0.193. The van der Waals surface area contributed by atoms with Crippen LogP contribution >= 0.6 is 15.5 Å². The summed E-state index contributed by atoms with van der Waals surface area (Å²) in [5.74, 6) is 0.0454. The van der Waals surface area contributed by atoms with Crippen molar-refractivity contribution in [1.29, 1.82) is 0 Å². The monoisotopic (exact) mass is 932 g/mol. The summed E-state index contributed by atoms with van der Waals surface area (Å²) in [5, 5.41) is 0. The van der Waals surface area contributed by atoms with E-state index in [1.54, 1.807) is 15.4 Å². The van der Waals surface area contributed by atoms with E-state index in [1.165, 1.54) is 42.7 Å². The molecule has 6 aromatic rings. The van der Waals surface area contributed by atoms with E-state index in [-0.39, 0.29) is 12.5 Å². The van der Waals surface area contributed by atoms with E-state index in [4.69, 9.17) is 18.1 Å². The smallest absolute Gasteiger partial charge is 0.421 e. The second-order valence-electron chi connectivity index (χ2n) is 15.6. The van der Waals surface area contributed by atoms with E-state index >= 15 is 0 Å². The number of hydrogen-bond acceptors (Lipinski definition) is 6. The Morgan fingerprint density at radius 3 is 1.43 bits per heavy atom. The van der Waals surface area contributed by atoms with Crippen molar-refractivity contribution in [2.75, 3.05) is 47.0 Å². The van der Waals surface area contributed by atoms with Crippen molar-refractivity contribution < 1.29 is 27.2 Å². The van der Waals surface area contributed by atoms with Crippen LogP contribution in [0.1, 0.15) is 30.9 Å². The van der Waals surface area contributed by atoms with Gasteiger partial charge in [-0.1, -0.05) is 218 Å². The molecule has 0 radical (unpaired) electrons. The third-order valence-corrected chi connectivity index (χ3v) is 15.1. The van der Waals surface area contributed by atoms with Crippen LogP contribution in [-0.2, 0) is 27.2 Å². The van der Waals surface area contributed by atoms with Crippen LogP contribution in [0.4, 0.5) is 0 Å². The van der Waals surface area contributed by atoms with E-state index in [0.29, 0.717) is 26.2 Å². The van der Waals surface area contributed by atoms with Gasteiger partial charge in [0.15, 0.2) is 0 Å². The molecule has 8 nitrogen and oxygen atoms in total.